The SMILES string of the molecule is CNC(c1ccc(F)cc1)c1cc(Br)ccc1Br. The molecule has 18 heavy (non-hydrogen) atoms. The Kier molecular flexibility index (Phi) is 4.54. The third-order valence-corrected chi connectivity index (χ3v) is 3.98. The minimum absolute atomic E-state index is 0.0254. The summed E-state index contributed by atoms with van der Waals surface area (Å²) >= 11 is 7.02. The summed E-state index contributed by atoms with van der Waals surface area (Å²) in [4.78, 5) is 0. The summed E-state index contributed by atoms with van der Waals surface area (Å²) in [6.45, 7) is 0. The molecule has 1 nitrogen and oxygen atoms in total. The highest BCUT2D eigenvalue weighted by molar-refractivity contribution is 9.11. The summed E-state index contributed by atoms with van der Waals surface area (Å²) in [5.74, 6) is -0.220. The summed E-state index contributed by atoms with van der Waals surface area (Å²) < 4.78 is 15.0. The topological polar surface area (TPSA) is 12.0 Å². The maximum absolute atomic E-state index is 13.0. The van der Waals surface area contributed by atoms with Gasteiger partial charge in [0.15, 0.2) is 0 Å². The highest BCUT2D eigenvalue weighted by Gasteiger charge is 2.15. The van der Waals surface area contributed by atoms with E-state index in [1.54, 1.807) is 12.1 Å². The summed E-state index contributed by atoms with van der Waals surface area (Å²) in [5, 5.41) is 3.25. The van der Waals surface area contributed by atoms with E-state index in [1.165, 1.54) is 12.1 Å². The summed E-state index contributed by atoms with van der Waals surface area (Å²) in [6.07, 6.45) is 0. The molecule has 0 aromatic heterocycles. The van der Waals surface area contributed by atoms with Crippen LogP contribution in [0.5, 0.6) is 0 Å². The minimum Gasteiger partial charge on any atom is -0.309 e. The molecule has 0 heterocycles. The average Bonchev–Trinajstić information content (AvgIpc) is 2.37. The van der Waals surface area contributed by atoms with Crippen LogP contribution in [0.2, 0.25) is 0 Å². The second-order valence-electron chi connectivity index (χ2n) is 3.94. The first-order chi connectivity index (χ1) is 8.61. The predicted molar refractivity (Wildman–Crippen MR) is 79.1 cm³/mol. The van der Waals surface area contributed by atoms with Crippen molar-refractivity contribution >= 4 is 31.9 Å². The summed E-state index contributed by atoms with van der Waals surface area (Å²) in [7, 11) is 1.89. The van der Waals surface area contributed by atoms with Crippen LogP contribution in [0.1, 0.15) is 17.2 Å². The van der Waals surface area contributed by atoms with E-state index in [0.717, 1.165) is 20.1 Å². The van der Waals surface area contributed by atoms with Gasteiger partial charge < -0.3 is 5.32 Å². The van der Waals surface area contributed by atoms with Crippen LogP contribution in [0.15, 0.2) is 51.4 Å². The van der Waals surface area contributed by atoms with Gasteiger partial charge in [-0.1, -0.05) is 44.0 Å². The molecule has 0 radical (unpaired) electrons. The molecule has 1 atom stereocenters. The first kappa shape index (κ1) is 13.7. The maximum Gasteiger partial charge on any atom is 0.123 e. The van der Waals surface area contributed by atoms with Crippen molar-refractivity contribution in [2.24, 2.45) is 0 Å². The van der Waals surface area contributed by atoms with Crippen LogP contribution in [0.3, 0.4) is 0 Å². The van der Waals surface area contributed by atoms with Gasteiger partial charge in [0.05, 0.1) is 6.04 Å². The summed E-state index contributed by atoms with van der Waals surface area (Å²) in [5.41, 5.74) is 2.14. The van der Waals surface area contributed by atoms with Crippen molar-refractivity contribution < 1.29 is 4.39 Å². The van der Waals surface area contributed by atoms with E-state index in [-0.39, 0.29) is 11.9 Å². The first-order valence-electron chi connectivity index (χ1n) is 5.49. The fourth-order valence-electron chi connectivity index (χ4n) is 1.89. The van der Waals surface area contributed by atoms with Crippen LogP contribution in [0.4, 0.5) is 4.39 Å². The largest absolute Gasteiger partial charge is 0.309 e. The number of rotatable bonds is 3. The number of hydrogen-bond acceptors (Lipinski definition) is 1. The van der Waals surface area contributed by atoms with Crippen molar-refractivity contribution in [2.45, 2.75) is 6.04 Å². The molecule has 2 aromatic rings. The maximum atomic E-state index is 13.0. The summed E-state index contributed by atoms with van der Waals surface area (Å²) in [6, 6.07) is 12.6. The van der Waals surface area contributed by atoms with E-state index in [4.69, 9.17) is 0 Å². The molecular weight excluding hydrogens is 361 g/mol. The Hall–Kier alpha value is -0.710. The third kappa shape index (κ3) is 2.99. The number of benzene rings is 2. The van der Waals surface area contributed by atoms with Crippen LogP contribution in [0.25, 0.3) is 0 Å². The highest BCUT2D eigenvalue weighted by Crippen LogP contribution is 2.30. The molecule has 4 heteroatoms. The molecule has 0 fully saturated rings. The Morgan fingerprint density at radius 2 is 1.72 bits per heavy atom. The quantitative estimate of drug-likeness (QED) is 0.826. The standard InChI is InChI=1S/C14H12Br2FN/c1-18-14(9-2-5-11(17)6-3-9)12-8-10(15)4-7-13(12)16/h2-8,14,18H,1H3. The fourth-order valence-corrected chi connectivity index (χ4v) is 2.75. The zero-order valence-corrected chi connectivity index (χ0v) is 12.9. The number of nitrogens with one attached hydrogen (secondary N) is 1. The van der Waals surface area contributed by atoms with E-state index >= 15 is 0 Å². The van der Waals surface area contributed by atoms with E-state index in [1.807, 2.05) is 19.2 Å². The molecule has 0 spiro atoms. The molecule has 0 bridgehead atoms. The molecule has 0 saturated carbocycles. The number of hydrogen-bond donors (Lipinski definition) is 1. The van der Waals surface area contributed by atoms with Crippen molar-refractivity contribution in [1.82, 2.24) is 5.32 Å². The molecule has 1 N–H and O–H groups in total. The van der Waals surface area contributed by atoms with E-state index < -0.39 is 0 Å². The zero-order chi connectivity index (χ0) is 13.1. The Balaban J connectivity index is 2.44. The van der Waals surface area contributed by atoms with Gasteiger partial charge in [-0.25, -0.2) is 4.39 Å². The van der Waals surface area contributed by atoms with E-state index in [2.05, 4.69) is 43.2 Å². The number of halogens is 3. The van der Waals surface area contributed by atoms with Crippen molar-refractivity contribution in [3.05, 3.63) is 68.4 Å². The molecular formula is C14H12Br2FN. The molecule has 0 aliphatic rings. The van der Waals surface area contributed by atoms with E-state index in [0.29, 0.717) is 0 Å². The zero-order valence-electron chi connectivity index (χ0n) is 9.75. The third-order valence-electron chi connectivity index (χ3n) is 2.76. The van der Waals surface area contributed by atoms with Crippen molar-refractivity contribution in [2.75, 3.05) is 7.05 Å². The van der Waals surface area contributed by atoms with Gasteiger partial charge in [-0.2, -0.15) is 0 Å². The molecule has 0 aliphatic carbocycles. The normalized spacial score (nSPS) is 12.4. The van der Waals surface area contributed by atoms with Crippen LogP contribution < -0.4 is 5.32 Å². The lowest BCUT2D eigenvalue weighted by Gasteiger charge is -2.19. The van der Waals surface area contributed by atoms with Crippen LogP contribution >= 0.6 is 31.9 Å². The molecule has 0 aliphatic heterocycles. The first-order valence-corrected chi connectivity index (χ1v) is 7.08. The molecule has 94 valence electrons. The second kappa shape index (κ2) is 5.95. The molecule has 0 saturated heterocycles. The van der Waals surface area contributed by atoms with Gasteiger partial charge in [-0.3, -0.25) is 0 Å². The van der Waals surface area contributed by atoms with Gasteiger partial charge in [0.1, 0.15) is 5.82 Å². The van der Waals surface area contributed by atoms with Gasteiger partial charge in [0.2, 0.25) is 0 Å². The lowest BCUT2D eigenvalue weighted by molar-refractivity contribution is 0.623. The van der Waals surface area contributed by atoms with Gasteiger partial charge in [0, 0.05) is 8.95 Å². The van der Waals surface area contributed by atoms with Crippen LogP contribution in [-0.2, 0) is 0 Å². The molecule has 1 unspecified atom stereocenters. The van der Waals surface area contributed by atoms with E-state index in [9.17, 15) is 4.39 Å². The Labute approximate surface area is 123 Å². The second-order valence-corrected chi connectivity index (χ2v) is 5.71. The average molecular weight is 373 g/mol. The van der Waals surface area contributed by atoms with Crippen LogP contribution in [-0.4, -0.2) is 7.05 Å². The van der Waals surface area contributed by atoms with Crippen LogP contribution in [0, 0.1) is 5.82 Å². The smallest absolute Gasteiger partial charge is 0.123 e. The van der Waals surface area contributed by atoms with Gasteiger partial charge in [-0.05, 0) is 48.5 Å². The monoisotopic (exact) mass is 371 g/mol. The molecule has 2 rings (SSSR count). The van der Waals surface area contributed by atoms with Crippen molar-refractivity contribution in [3.63, 3.8) is 0 Å². The lowest BCUT2D eigenvalue weighted by atomic mass is 9.99. The van der Waals surface area contributed by atoms with Gasteiger partial charge in [0.25, 0.3) is 0 Å². The molecule has 2 aromatic carbocycles. The minimum atomic E-state index is -0.220. The lowest BCUT2D eigenvalue weighted by Crippen LogP contribution is -2.18. The van der Waals surface area contributed by atoms with Crippen molar-refractivity contribution in [1.29, 1.82) is 0 Å². The molecule has 0 amide bonds. The fraction of sp³-hybridized carbons (Fsp3) is 0.143. The Morgan fingerprint density at radius 1 is 1.06 bits per heavy atom. The Bertz CT molecular complexity index is 540. The highest BCUT2D eigenvalue weighted by atomic mass is 79.9. The van der Waals surface area contributed by atoms with Crippen molar-refractivity contribution in [3.8, 4) is 0 Å². The Morgan fingerprint density at radius 3 is 2.33 bits per heavy atom. The van der Waals surface area contributed by atoms with Gasteiger partial charge >= 0.3 is 0 Å². The predicted octanol–water partition coefficient (Wildman–Crippen LogP) is 4.66. The van der Waals surface area contributed by atoms with Gasteiger partial charge in [-0.15, -0.1) is 0 Å².